The van der Waals surface area contributed by atoms with Gasteiger partial charge in [-0.05, 0) is 66.8 Å². The van der Waals surface area contributed by atoms with Crippen molar-refractivity contribution in [1.29, 1.82) is 0 Å². The second-order valence-electron chi connectivity index (χ2n) is 9.12. The largest absolute Gasteiger partial charge is 0.466 e. The number of carbonyl (C=O) groups is 3. The average molecular weight is 541 g/mol. The summed E-state index contributed by atoms with van der Waals surface area (Å²) in [5, 5.41) is 4.99. The fourth-order valence-corrected chi connectivity index (χ4v) is 4.59. The summed E-state index contributed by atoms with van der Waals surface area (Å²) < 4.78 is 49.3. The Morgan fingerprint density at radius 1 is 0.949 bits per heavy atom. The highest BCUT2D eigenvalue weighted by Crippen LogP contribution is 2.36. The van der Waals surface area contributed by atoms with E-state index in [9.17, 15) is 27.6 Å². The number of hydrogen-bond acceptors (Lipinski definition) is 5. The Hall–Kier alpha value is -4.18. The molecule has 3 aromatic carbocycles. The Kier molecular flexibility index (Phi) is 8.06. The van der Waals surface area contributed by atoms with Gasteiger partial charge >= 0.3 is 18.2 Å². The van der Waals surface area contributed by atoms with E-state index in [4.69, 9.17) is 9.47 Å². The van der Waals surface area contributed by atoms with Crippen LogP contribution in [-0.4, -0.2) is 37.1 Å². The number of carbonyl (C=O) groups excluding carboxylic acids is 3. The number of ketones is 1. The maximum atomic E-state index is 13.3. The number of aryl methyl sites for hydroxylation is 1. The van der Waals surface area contributed by atoms with Crippen molar-refractivity contribution in [3.63, 3.8) is 0 Å². The first-order valence-electron chi connectivity index (χ1n) is 12.3. The van der Waals surface area contributed by atoms with Crippen molar-refractivity contribution in [2.24, 2.45) is 0 Å². The molecule has 7 nitrogen and oxygen atoms in total. The first-order valence-corrected chi connectivity index (χ1v) is 12.3. The van der Waals surface area contributed by atoms with Gasteiger partial charge in [0.15, 0.2) is 5.78 Å². The molecule has 1 aliphatic rings. The number of ether oxygens (including phenoxy) is 2. The maximum Gasteiger partial charge on any atom is 0.416 e. The zero-order chi connectivity index (χ0) is 28.2. The summed E-state index contributed by atoms with van der Waals surface area (Å²) >= 11 is 0. The number of alkyl halides is 3. The van der Waals surface area contributed by atoms with Gasteiger partial charge in [-0.2, -0.15) is 13.2 Å². The number of anilines is 2. The number of esters is 1. The lowest BCUT2D eigenvalue weighted by Crippen LogP contribution is -2.46. The number of rotatable bonds is 7. The Bertz CT molecular complexity index is 1390. The zero-order valence-electron chi connectivity index (χ0n) is 21.4. The summed E-state index contributed by atoms with van der Waals surface area (Å²) in [5.74, 6) is -0.734. The van der Waals surface area contributed by atoms with Crippen LogP contribution in [0.5, 0.6) is 0 Å². The standard InChI is InChI=1S/C29H27F3N2O5/c1-3-39-25(35)17-28(38-2)14-13-20-15-19(9-12-24(20)26(28)36)18-7-10-22(11-8-18)33-27(37)34-23-6-4-5-21(16-23)29(30,31)32/h4-12,15-16H,3,13-14,17H2,1-2H3,(H2,33,34,37). The van der Waals surface area contributed by atoms with Crippen LogP contribution in [0.4, 0.5) is 29.3 Å². The molecule has 0 aromatic heterocycles. The third kappa shape index (κ3) is 6.28. The number of halogens is 3. The van der Waals surface area contributed by atoms with Crippen LogP contribution in [0.25, 0.3) is 11.1 Å². The van der Waals surface area contributed by atoms with E-state index in [1.165, 1.54) is 19.2 Å². The molecule has 1 atom stereocenters. The van der Waals surface area contributed by atoms with E-state index >= 15 is 0 Å². The maximum absolute atomic E-state index is 13.3. The molecule has 2 amide bonds. The van der Waals surface area contributed by atoms with Gasteiger partial charge < -0.3 is 20.1 Å². The minimum atomic E-state index is -4.51. The predicted molar refractivity (Wildman–Crippen MR) is 140 cm³/mol. The first kappa shape index (κ1) is 27.8. The van der Waals surface area contributed by atoms with Gasteiger partial charge in [-0.25, -0.2) is 4.79 Å². The fraction of sp³-hybridized carbons (Fsp3) is 0.276. The second-order valence-corrected chi connectivity index (χ2v) is 9.12. The lowest BCUT2D eigenvalue weighted by molar-refractivity contribution is -0.148. The molecule has 0 fully saturated rings. The van der Waals surface area contributed by atoms with Crippen molar-refractivity contribution in [3.8, 4) is 11.1 Å². The lowest BCUT2D eigenvalue weighted by Gasteiger charge is -2.34. The van der Waals surface area contributed by atoms with Gasteiger partial charge in [-0.3, -0.25) is 9.59 Å². The van der Waals surface area contributed by atoms with E-state index in [1.807, 2.05) is 6.07 Å². The molecule has 4 rings (SSSR count). The molecule has 2 N–H and O–H groups in total. The van der Waals surface area contributed by atoms with Crippen molar-refractivity contribution in [1.82, 2.24) is 0 Å². The number of hydrogen-bond donors (Lipinski definition) is 2. The number of Topliss-reactive ketones (excluding diaryl/α,β-unsaturated/α-hetero) is 1. The molecule has 1 aliphatic carbocycles. The van der Waals surface area contributed by atoms with Crippen molar-refractivity contribution in [3.05, 3.63) is 83.4 Å². The molecule has 1 unspecified atom stereocenters. The highest BCUT2D eigenvalue weighted by atomic mass is 19.4. The van der Waals surface area contributed by atoms with Gasteiger partial charge in [0, 0.05) is 24.0 Å². The molecular weight excluding hydrogens is 513 g/mol. The molecule has 0 spiro atoms. The van der Waals surface area contributed by atoms with Gasteiger partial charge in [-0.1, -0.05) is 36.4 Å². The van der Waals surface area contributed by atoms with Crippen LogP contribution in [0.1, 0.15) is 41.3 Å². The van der Waals surface area contributed by atoms with E-state index < -0.39 is 29.3 Å². The minimum absolute atomic E-state index is 0.0160. The third-order valence-corrected chi connectivity index (χ3v) is 6.61. The Labute approximate surface area is 223 Å². The van der Waals surface area contributed by atoms with Crippen LogP contribution in [0.3, 0.4) is 0 Å². The summed E-state index contributed by atoms with van der Waals surface area (Å²) in [5.41, 5.74) is 1.40. The van der Waals surface area contributed by atoms with E-state index in [0.29, 0.717) is 24.1 Å². The number of benzene rings is 3. The summed E-state index contributed by atoms with van der Waals surface area (Å²) in [6.45, 7) is 1.93. The molecule has 10 heteroatoms. The number of nitrogens with one attached hydrogen (secondary N) is 2. The third-order valence-electron chi connectivity index (χ3n) is 6.61. The quantitative estimate of drug-likeness (QED) is 0.335. The SMILES string of the molecule is CCOC(=O)CC1(OC)CCc2cc(-c3ccc(NC(=O)Nc4cccc(C(F)(F)F)c4)cc3)ccc2C1=O. The highest BCUT2D eigenvalue weighted by Gasteiger charge is 2.45. The number of fused-ring (bicyclic) bond motifs is 1. The van der Waals surface area contributed by atoms with Gasteiger partial charge in [0.25, 0.3) is 0 Å². The first-order chi connectivity index (χ1) is 18.5. The van der Waals surface area contributed by atoms with E-state index in [0.717, 1.165) is 28.8 Å². The molecular formula is C29H27F3N2O5. The molecule has 0 saturated carbocycles. The van der Waals surface area contributed by atoms with E-state index in [2.05, 4.69) is 10.6 Å². The molecule has 39 heavy (non-hydrogen) atoms. The average Bonchev–Trinajstić information content (AvgIpc) is 2.90. The van der Waals surface area contributed by atoms with E-state index in [-0.39, 0.29) is 24.5 Å². The number of methoxy groups -OCH3 is 1. The number of urea groups is 1. The van der Waals surface area contributed by atoms with Crippen molar-refractivity contribution in [2.75, 3.05) is 24.4 Å². The summed E-state index contributed by atoms with van der Waals surface area (Å²) in [7, 11) is 1.42. The Balaban J connectivity index is 1.44. The topological polar surface area (TPSA) is 93.7 Å². The van der Waals surface area contributed by atoms with Crippen molar-refractivity contribution in [2.45, 2.75) is 38.0 Å². The predicted octanol–water partition coefficient (Wildman–Crippen LogP) is 6.48. The zero-order valence-corrected chi connectivity index (χ0v) is 21.4. The van der Waals surface area contributed by atoms with Crippen molar-refractivity contribution >= 4 is 29.2 Å². The van der Waals surface area contributed by atoms with Crippen molar-refractivity contribution < 1.29 is 37.0 Å². The molecule has 204 valence electrons. The van der Waals surface area contributed by atoms with Crippen LogP contribution >= 0.6 is 0 Å². The Morgan fingerprint density at radius 2 is 1.64 bits per heavy atom. The monoisotopic (exact) mass is 540 g/mol. The van der Waals surface area contributed by atoms with Crippen LogP contribution in [0.15, 0.2) is 66.7 Å². The molecule has 0 aliphatic heterocycles. The molecule has 0 heterocycles. The summed E-state index contributed by atoms with van der Waals surface area (Å²) in [6, 6.07) is 16.0. The molecule has 3 aromatic rings. The lowest BCUT2D eigenvalue weighted by atomic mass is 9.76. The Morgan fingerprint density at radius 3 is 2.31 bits per heavy atom. The number of amides is 2. The van der Waals surface area contributed by atoms with Crippen LogP contribution in [0.2, 0.25) is 0 Å². The van der Waals surface area contributed by atoms with Gasteiger partial charge in [0.1, 0.15) is 5.60 Å². The van der Waals surface area contributed by atoms with Gasteiger partial charge in [0.2, 0.25) is 0 Å². The van der Waals surface area contributed by atoms with Gasteiger partial charge in [0.05, 0.1) is 18.6 Å². The van der Waals surface area contributed by atoms with Crippen LogP contribution in [-0.2, 0) is 26.9 Å². The summed E-state index contributed by atoms with van der Waals surface area (Å²) in [6.07, 6.45) is -3.77. The minimum Gasteiger partial charge on any atom is -0.466 e. The molecule has 0 bridgehead atoms. The fourth-order valence-electron chi connectivity index (χ4n) is 4.59. The normalized spacial score (nSPS) is 16.8. The molecule has 0 saturated heterocycles. The second kappa shape index (κ2) is 11.3. The highest BCUT2D eigenvalue weighted by molar-refractivity contribution is 6.06. The van der Waals surface area contributed by atoms with E-state index in [1.54, 1.807) is 43.3 Å². The van der Waals surface area contributed by atoms with Gasteiger partial charge in [-0.15, -0.1) is 0 Å². The smallest absolute Gasteiger partial charge is 0.416 e. The van der Waals surface area contributed by atoms with Crippen LogP contribution in [0, 0.1) is 0 Å². The van der Waals surface area contributed by atoms with Crippen LogP contribution < -0.4 is 10.6 Å². The summed E-state index contributed by atoms with van der Waals surface area (Å²) in [4.78, 5) is 37.6. The molecule has 0 radical (unpaired) electrons.